The molecule has 1 aliphatic rings. The van der Waals surface area contributed by atoms with E-state index in [0.717, 1.165) is 51.5 Å². The molecule has 1 heterocycles. The van der Waals surface area contributed by atoms with Crippen molar-refractivity contribution < 1.29 is 42.9 Å². The summed E-state index contributed by atoms with van der Waals surface area (Å²) in [4.78, 5) is 68.4. The highest BCUT2D eigenvalue weighted by molar-refractivity contribution is 5.76. The van der Waals surface area contributed by atoms with Crippen LogP contribution in [0.25, 0.3) is 0 Å². The molecule has 0 aromatic rings. The van der Waals surface area contributed by atoms with Gasteiger partial charge < -0.3 is 28.7 Å². The van der Waals surface area contributed by atoms with E-state index in [9.17, 15) is 24.0 Å². The van der Waals surface area contributed by atoms with Gasteiger partial charge in [-0.15, -0.1) is 0 Å². The monoisotopic (exact) mass is 991 g/mol. The maximum atomic E-state index is 13.0. The van der Waals surface area contributed by atoms with Gasteiger partial charge in [0.1, 0.15) is 13.2 Å². The zero-order valence-electron chi connectivity index (χ0n) is 46.5. The van der Waals surface area contributed by atoms with E-state index < -0.39 is 5.41 Å². The normalized spacial score (nSPS) is 14.4. The molecule has 1 aliphatic heterocycles. The second-order valence-electron chi connectivity index (χ2n) is 21.6. The van der Waals surface area contributed by atoms with Gasteiger partial charge in [-0.2, -0.15) is 0 Å². The van der Waals surface area contributed by atoms with Crippen molar-refractivity contribution in [2.45, 2.75) is 272 Å². The number of hydrogen-bond acceptors (Lipinski definition) is 10. The molecule has 2 atom stereocenters. The molecule has 0 bridgehead atoms. The molecule has 1 saturated heterocycles. The lowest BCUT2D eigenvalue weighted by Crippen LogP contribution is -2.47. The van der Waals surface area contributed by atoms with Gasteiger partial charge in [-0.25, -0.2) is 0 Å². The predicted molar refractivity (Wildman–Crippen MR) is 287 cm³/mol. The number of likely N-dealkylation sites (tertiary alicyclic amines) is 1. The fraction of sp³-hybridized carbons (Fsp3) is 0.915. The van der Waals surface area contributed by atoms with Crippen LogP contribution in [0.15, 0.2) is 0 Å². The van der Waals surface area contributed by atoms with Crippen LogP contribution in [0.1, 0.15) is 272 Å². The molecule has 410 valence electrons. The Morgan fingerprint density at radius 1 is 0.414 bits per heavy atom. The quantitative estimate of drug-likeness (QED) is 0.0330. The van der Waals surface area contributed by atoms with Crippen molar-refractivity contribution in [3.63, 3.8) is 0 Å². The lowest BCUT2D eigenvalue weighted by molar-refractivity contribution is -0.158. The second-order valence-corrected chi connectivity index (χ2v) is 21.6. The molecule has 0 aliphatic carbocycles. The minimum atomic E-state index is -0.564. The van der Waals surface area contributed by atoms with Crippen molar-refractivity contribution in [3.05, 3.63) is 0 Å². The van der Waals surface area contributed by atoms with Crippen molar-refractivity contribution >= 4 is 29.8 Å². The molecule has 0 saturated carbocycles. The van der Waals surface area contributed by atoms with Crippen LogP contribution < -0.4 is 0 Å². The van der Waals surface area contributed by atoms with Crippen molar-refractivity contribution in [1.82, 2.24) is 9.80 Å². The molecule has 70 heavy (non-hydrogen) atoms. The van der Waals surface area contributed by atoms with Crippen LogP contribution in [-0.4, -0.2) is 99.7 Å². The molecule has 1 rings (SSSR count). The average Bonchev–Trinajstić information content (AvgIpc) is 3.35. The van der Waals surface area contributed by atoms with Crippen LogP contribution in [0.3, 0.4) is 0 Å². The Morgan fingerprint density at radius 3 is 1.09 bits per heavy atom. The van der Waals surface area contributed by atoms with Crippen molar-refractivity contribution in [1.29, 1.82) is 0 Å². The molecule has 11 nitrogen and oxygen atoms in total. The van der Waals surface area contributed by atoms with Crippen LogP contribution in [-0.2, 0) is 42.9 Å². The van der Waals surface area contributed by atoms with E-state index in [4.69, 9.17) is 18.9 Å². The Hall–Kier alpha value is -2.69. The Balaban J connectivity index is 2.56. The van der Waals surface area contributed by atoms with Crippen LogP contribution in [0.4, 0.5) is 0 Å². The minimum absolute atomic E-state index is 0.128. The molecule has 0 aromatic carbocycles. The van der Waals surface area contributed by atoms with Gasteiger partial charge in [0.2, 0.25) is 5.91 Å². The number of piperidine rings is 1. The first-order valence-electron chi connectivity index (χ1n) is 29.5. The Labute approximate surface area is 430 Å². The van der Waals surface area contributed by atoms with Crippen LogP contribution >= 0.6 is 0 Å². The van der Waals surface area contributed by atoms with E-state index in [0.29, 0.717) is 95.9 Å². The van der Waals surface area contributed by atoms with E-state index in [2.05, 4.69) is 32.6 Å². The van der Waals surface area contributed by atoms with Crippen LogP contribution in [0, 0.1) is 17.3 Å². The third-order valence-electron chi connectivity index (χ3n) is 14.6. The van der Waals surface area contributed by atoms with Gasteiger partial charge in [-0.3, -0.25) is 24.0 Å². The molecule has 2 unspecified atom stereocenters. The topological polar surface area (TPSA) is 129 Å². The van der Waals surface area contributed by atoms with Crippen LogP contribution in [0.2, 0.25) is 0 Å². The van der Waals surface area contributed by atoms with Gasteiger partial charge in [0.25, 0.3) is 0 Å². The maximum absolute atomic E-state index is 13.0. The number of esters is 4. The predicted octanol–water partition coefficient (Wildman–Crippen LogP) is 14.7. The Morgan fingerprint density at radius 2 is 0.729 bits per heavy atom. The molecular formula is C59H110N2O9. The second kappa shape index (κ2) is 45.0. The van der Waals surface area contributed by atoms with Crippen molar-refractivity contribution in [2.75, 3.05) is 60.2 Å². The number of carbonyl (C=O) groups excluding carboxylic acids is 5. The smallest absolute Gasteiger partial charge is 0.305 e. The van der Waals surface area contributed by atoms with E-state index >= 15 is 0 Å². The van der Waals surface area contributed by atoms with Gasteiger partial charge in [0.15, 0.2) is 0 Å². The summed E-state index contributed by atoms with van der Waals surface area (Å²) in [6.07, 6.45) is 37.4. The summed E-state index contributed by atoms with van der Waals surface area (Å²) in [6.45, 7) is 12.2. The average molecular weight is 992 g/mol. The first kappa shape index (κ1) is 65.3. The standard InChI is InChI=1S/C59H110N2O9/c1-7-11-15-19-21-27-36-52(34-25-17-13-9-3)48-67-55(63)39-29-23-31-41-57(65)69-50-59(43-46-61(47-44-59)54(62)38-33-45-60(5)6)51-70-58(66)42-32-24-30-40-56(64)68-49-53(35-26-18-14-10-4)37-28-22-20-16-12-8-2/h52-53H,7-51H2,1-6H3. The highest BCUT2D eigenvalue weighted by Crippen LogP contribution is 2.33. The van der Waals surface area contributed by atoms with E-state index in [1.807, 2.05) is 19.0 Å². The Bertz CT molecular complexity index is 1220. The third-order valence-corrected chi connectivity index (χ3v) is 14.6. The summed E-state index contributed by atoms with van der Waals surface area (Å²) in [6, 6.07) is 0. The number of rotatable bonds is 48. The number of nitrogens with zero attached hydrogens (tertiary/aromatic N) is 2. The van der Waals surface area contributed by atoms with Gasteiger partial charge in [0.05, 0.1) is 13.2 Å². The van der Waals surface area contributed by atoms with E-state index in [1.54, 1.807) is 0 Å². The molecule has 0 radical (unpaired) electrons. The largest absolute Gasteiger partial charge is 0.465 e. The molecule has 1 fully saturated rings. The zero-order valence-corrected chi connectivity index (χ0v) is 46.5. The number of ether oxygens (including phenoxy) is 4. The summed E-state index contributed by atoms with van der Waals surface area (Å²) < 4.78 is 23.3. The summed E-state index contributed by atoms with van der Waals surface area (Å²) >= 11 is 0. The molecule has 0 N–H and O–H groups in total. The molecule has 0 aromatic heterocycles. The highest BCUT2D eigenvalue weighted by atomic mass is 16.6. The van der Waals surface area contributed by atoms with Crippen LogP contribution in [0.5, 0.6) is 0 Å². The first-order valence-corrected chi connectivity index (χ1v) is 29.5. The molecule has 11 heteroatoms. The van der Waals surface area contributed by atoms with Gasteiger partial charge in [-0.1, -0.05) is 169 Å². The third kappa shape index (κ3) is 37.1. The van der Waals surface area contributed by atoms with E-state index in [1.165, 1.54) is 128 Å². The SMILES string of the molecule is CCCCCCCCC(CCCCCC)COC(=O)CCCCCC(=O)OCC1(COC(=O)CCCCCC(=O)OCC(CCCCCC)CCCCCCCC)CCN(C(=O)CCCN(C)C)CC1. The lowest BCUT2D eigenvalue weighted by Gasteiger charge is -2.41. The molecule has 0 spiro atoms. The first-order chi connectivity index (χ1) is 34.0. The van der Waals surface area contributed by atoms with E-state index in [-0.39, 0.29) is 55.8 Å². The lowest BCUT2D eigenvalue weighted by atomic mass is 9.79. The number of hydrogen-bond donors (Lipinski definition) is 0. The van der Waals surface area contributed by atoms with Crippen molar-refractivity contribution in [2.24, 2.45) is 17.3 Å². The zero-order chi connectivity index (χ0) is 51.3. The van der Waals surface area contributed by atoms with Gasteiger partial charge >= 0.3 is 23.9 Å². The highest BCUT2D eigenvalue weighted by Gasteiger charge is 2.38. The molecule has 1 amide bonds. The van der Waals surface area contributed by atoms with Gasteiger partial charge in [0, 0.05) is 50.6 Å². The number of amides is 1. The maximum Gasteiger partial charge on any atom is 0.305 e. The minimum Gasteiger partial charge on any atom is -0.465 e. The summed E-state index contributed by atoms with van der Waals surface area (Å²) in [5.41, 5.74) is -0.564. The number of unbranched alkanes of at least 4 members (excludes halogenated alkanes) is 20. The number of carbonyl (C=O) groups is 5. The fourth-order valence-electron chi connectivity index (χ4n) is 9.64. The summed E-state index contributed by atoms with van der Waals surface area (Å²) in [5, 5.41) is 0. The van der Waals surface area contributed by atoms with Crippen molar-refractivity contribution in [3.8, 4) is 0 Å². The summed E-state index contributed by atoms with van der Waals surface area (Å²) in [5.74, 6) is 0.126. The van der Waals surface area contributed by atoms with Gasteiger partial charge in [-0.05, 0) is 103 Å². The summed E-state index contributed by atoms with van der Waals surface area (Å²) in [7, 11) is 4.01. The molecular weight excluding hydrogens is 881 g/mol. The Kier molecular flexibility index (Phi) is 42.0. The fourth-order valence-corrected chi connectivity index (χ4v) is 9.64.